The zero-order valence-corrected chi connectivity index (χ0v) is 12.0. The summed E-state index contributed by atoms with van der Waals surface area (Å²) in [6.45, 7) is 3.94. The summed E-state index contributed by atoms with van der Waals surface area (Å²) in [6, 6.07) is 5.85. The fourth-order valence-corrected chi connectivity index (χ4v) is 2.99. The molecule has 1 aromatic carbocycles. The molecule has 110 valence electrons. The third-order valence-corrected chi connectivity index (χ3v) is 4.06. The molecule has 1 aliphatic heterocycles. The molecule has 21 heavy (non-hydrogen) atoms. The van der Waals surface area contributed by atoms with Gasteiger partial charge in [0.05, 0.1) is 6.33 Å². The van der Waals surface area contributed by atoms with Gasteiger partial charge in [0.1, 0.15) is 0 Å². The van der Waals surface area contributed by atoms with Crippen LogP contribution in [-0.4, -0.2) is 33.4 Å². The van der Waals surface area contributed by atoms with Crippen LogP contribution in [0.5, 0.6) is 0 Å². The second-order valence-corrected chi connectivity index (χ2v) is 5.49. The van der Waals surface area contributed by atoms with Crippen molar-refractivity contribution in [3.63, 3.8) is 0 Å². The first-order chi connectivity index (χ1) is 10.2. The Balaban J connectivity index is 1.60. The lowest BCUT2D eigenvalue weighted by molar-refractivity contribution is 0.0998. The normalized spacial score (nSPS) is 14.9. The Bertz CT molecular complexity index is 621. The zero-order valence-electron chi connectivity index (χ0n) is 12.0. The van der Waals surface area contributed by atoms with Crippen LogP contribution in [0.1, 0.15) is 27.9 Å². The van der Waals surface area contributed by atoms with Crippen LogP contribution in [0.15, 0.2) is 36.9 Å². The van der Waals surface area contributed by atoms with E-state index >= 15 is 0 Å². The highest BCUT2D eigenvalue weighted by Gasteiger charge is 2.19. The maximum Gasteiger partial charge on any atom is 0.248 e. The number of nitrogens with zero attached hydrogens (tertiary/aromatic N) is 3. The summed E-state index contributed by atoms with van der Waals surface area (Å²) >= 11 is 0. The molecule has 0 saturated heterocycles. The number of carbonyl (C=O) groups excluding carboxylic acids is 1. The van der Waals surface area contributed by atoms with Crippen LogP contribution in [0.2, 0.25) is 0 Å². The van der Waals surface area contributed by atoms with Crippen LogP contribution in [0.3, 0.4) is 0 Å². The van der Waals surface area contributed by atoms with Crippen molar-refractivity contribution < 1.29 is 4.79 Å². The maximum absolute atomic E-state index is 11.5. The molecule has 0 aliphatic carbocycles. The second-order valence-electron chi connectivity index (χ2n) is 5.49. The summed E-state index contributed by atoms with van der Waals surface area (Å²) < 4.78 is 2.10. The van der Waals surface area contributed by atoms with Crippen LogP contribution < -0.4 is 5.73 Å². The van der Waals surface area contributed by atoms with Gasteiger partial charge in [-0.1, -0.05) is 12.1 Å². The van der Waals surface area contributed by atoms with E-state index in [-0.39, 0.29) is 5.91 Å². The summed E-state index contributed by atoms with van der Waals surface area (Å²) in [6.07, 6.45) is 7.65. The Morgan fingerprint density at radius 3 is 3.00 bits per heavy atom. The number of hydrogen-bond acceptors (Lipinski definition) is 3. The summed E-state index contributed by atoms with van der Waals surface area (Å²) in [5.41, 5.74) is 8.50. The number of fused-ring (bicyclic) bond motifs is 1. The minimum absolute atomic E-state index is 0.319. The Morgan fingerprint density at radius 1 is 1.33 bits per heavy atom. The molecular formula is C16H20N4O. The van der Waals surface area contributed by atoms with Crippen molar-refractivity contribution in [2.24, 2.45) is 5.73 Å². The van der Waals surface area contributed by atoms with E-state index in [1.807, 2.05) is 30.9 Å². The first-order valence-electron chi connectivity index (χ1n) is 7.32. The number of aromatic nitrogens is 2. The monoisotopic (exact) mass is 284 g/mol. The molecule has 1 amide bonds. The molecule has 0 atom stereocenters. The van der Waals surface area contributed by atoms with Crippen LogP contribution in [0, 0.1) is 0 Å². The first-order valence-corrected chi connectivity index (χ1v) is 7.32. The summed E-state index contributed by atoms with van der Waals surface area (Å²) in [5, 5.41) is 0. The Hall–Kier alpha value is -2.14. The van der Waals surface area contributed by atoms with Crippen molar-refractivity contribution in [3.8, 4) is 0 Å². The van der Waals surface area contributed by atoms with Crippen molar-refractivity contribution in [1.82, 2.24) is 14.5 Å². The second kappa shape index (κ2) is 6.10. The van der Waals surface area contributed by atoms with E-state index in [0.717, 1.165) is 44.6 Å². The van der Waals surface area contributed by atoms with Gasteiger partial charge in [-0.05, 0) is 30.0 Å². The van der Waals surface area contributed by atoms with Crippen molar-refractivity contribution in [2.75, 3.05) is 13.1 Å². The standard InChI is InChI=1S/C16H20N4O/c17-16(21)15-4-1-3-13-11-19(9-5-14(13)15)7-2-8-20-10-6-18-12-20/h1,3-4,6,10,12H,2,5,7-9,11H2,(H2,17,21). The number of aryl methyl sites for hydroxylation is 1. The molecule has 0 spiro atoms. The van der Waals surface area contributed by atoms with Gasteiger partial charge in [-0.3, -0.25) is 9.69 Å². The molecule has 0 saturated carbocycles. The molecule has 2 aromatic rings. The molecule has 2 N–H and O–H groups in total. The number of imidazole rings is 1. The van der Waals surface area contributed by atoms with Gasteiger partial charge in [0.15, 0.2) is 0 Å². The number of rotatable bonds is 5. The topological polar surface area (TPSA) is 64.2 Å². The Kier molecular flexibility index (Phi) is 4.01. The lowest BCUT2D eigenvalue weighted by Gasteiger charge is -2.29. The number of carbonyl (C=O) groups is 1. The Morgan fingerprint density at radius 2 is 2.24 bits per heavy atom. The summed E-state index contributed by atoms with van der Waals surface area (Å²) in [7, 11) is 0. The van der Waals surface area contributed by atoms with Crippen molar-refractivity contribution in [2.45, 2.75) is 25.9 Å². The molecular weight excluding hydrogens is 264 g/mol. The smallest absolute Gasteiger partial charge is 0.248 e. The van der Waals surface area contributed by atoms with E-state index in [4.69, 9.17) is 5.73 Å². The van der Waals surface area contributed by atoms with Gasteiger partial charge in [0.25, 0.3) is 0 Å². The lowest BCUT2D eigenvalue weighted by Crippen LogP contribution is -2.33. The van der Waals surface area contributed by atoms with Crippen LogP contribution in [0.4, 0.5) is 0 Å². The molecule has 5 heteroatoms. The van der Waals surface area contributed by atoms with E-state index in [1.54, 1.807) is 0 Å². The highest BCUT2D eigenvalue weighted by molar-refractivity contribution is 5.94. The lowest BCUT2D eigenvalue weighted by atomic mass is 9.94. The third kappa shape index (κ3) is 3.13. The molecule has 3 rings (SSSR count). The molecule has 5 nitrogen and oxygen atoms in total. The van der Waals surface area contributed by atoms with Gasteiger partial charge in [-0.2, -0.15) is 0 Å². The quantitative estimate of drug-likeness (QED) is 0.903. The van der Waals surface area contributed by atoms with Crippen LogP contribution in [0.25, 0.3) is 0 Å². The molecule has 0 radical (unpaired) electrons. The van der Waals surface area contributed by atoms with Gasteiger partial charge in [0, 0.05) is 44.1 Å². The molecule has 1 aliphatic rings. The average Bonchev–Trinajstić information content (AvgIpc) is 2.99. The summed E-state index contributed by atoms with van der Waals surface area (Å²) in [4.78, 5) is 17.9. The zero-order chi connectivity index (χ0) is 14.7. The highest BCUT2D eigenvalue weighted by Crippen LogP contribution is 2.22. The fraction of sp³-hybridized carbons (Fsp3) is 0.375. The number of amides is 1. The third-order valence-electron chi connectivity index (χ3n) is 4.06. The van der Waals surface area contributed by atoms with Gasteiger partial charge >= 0.3 is 0 Å². The van der Waals surface area contributed by atoms with Crippen LogP contribution in [-0.2, 0) is 19.5 Å². The number of nitrogens with two attached hydrogens (primary N) is 1. The number of benzene rings is 1. The Labute approximate surface area is 124 Å². The SMILES string of the molecule is NC(=O)c1cccc2c1CCN(CCCn1ccnc1)C2. The van der Waals surface area contributed by atoms with Crippen molar-refractivity contribution in [1.29, 1.82) is 0 Å². The van der Waals surface area contributed by atoms with Crippen molar-refractivity contribution in [3.05, 3.63) is 53.6 Å². The molecule has 0 bridgehead atoms. The summed E-state index contributed by atoms with van der Waals surface area (Å²) in [5.74, 6) is -0.319. The molecule has 0 fully saturated rings. The van der Waals surface area contributed by atoms with E-state index in [2.05, 4.69) is 20.5 Å². The van der Waals surface area contributed by atoms with E-state index in [1.165, 1.54) is 5.56 Å². The highest BCUT2D eigenvalue weighted by atomic mass is 16.1. The minimum Gasteiger partial charge on any atom is -0.366 e. The molecule has 0 unspecified atom stereocenters. The number of hydrogen-bond donors (Lipinski definition) is 1. The van der Waals surface area contributed by atoms with Gasteiger partial charge in [-0.15, -0.1) is 0 Å². The maximum atomic E-state index is 11.5. The average molecular weight is 284 g/mol. The fourth-order valence-electron chi connectivity index (χ4n) is 2.99. The first kappa shape index (κ1) is 13.8. The van der Waals surface area contributed by atoms with E-state index in [0.29, 0.717) is 5.56 Å². The number of primary amides is 1. The van der Waals surface area contributed by atoms with Crippen LogP contribution >= 0.6 is 0 Å². The molecule has 1 aromatic heterocycles. The molecule has 2 heterocycles. The minimum atomic E-state index is -0.319. The van der Waals surface area contributed by atoms with E-state index in [9.17, 15) is 4.79 Å². The van der Waals surface area contributed by atoms with Gasteiger partial charge in [-0.25, -0.2) is 4.98 Å². The predicted octanol–water partition coefficient (Wildman–Crippen LogP) is 1.43. The van der Waals surface area contributed by atoms with Gasteiger partial charge in [0.2, 0.25) is 5.91 Å². The van der Waals surface area contributed by atoms with Crippen molar-refractivity contribution >= 4 is 5.91 Å². The predicted molar refractivity (Wildman–Crippen MR) is 80.8 cm³/mol. The van der Waals surface area contributed by atoms with Gasteiger partial charge < -0.3 is 10.3 Å². The van der Waals surface area contributed by atoms with E-state index < -0.39 is 0 Å². The largest absolute Gasteiger partial charge is 0.366 e.